The van der Waals surface area contributed by atoms with Crippen molar-refractivity contribution in [2.45, 2.75) is 25.9 Å². The number of pyridine rings is 2. The van der Waals surface area contributed by atoms with E-state index in [1.165, 1.54) is 16.9 Å². The third-order valence-corrected chi connectivity index (χ3v) is 4.11. The molecule has 3 heterocycles. The predicted molar refractivity (Wildman–Crippen MR) is 93.9 cm³/mol. The first-order chi connectivity index (χ1) is 13.4. The lowest BCUT2D eigenvalue weighted by molar-refractivity contribution is -0.137. The Hall–Kier alpha value is -3.23. The Bertz CT molecular complexity index is 938. The van der Waals surface area contributed by atoms with Crippen LogP contribution in [0.2, 0.25) is 0 Å². The smallest absolute Gasteiger partial charge is 0.417 e. The molecule has 0 aliphatic heterocycles. The average molecular weight is 390 g/mol. The molecule has 9 heteroatoms. The van der Waals surface area contributed by atoms with E-state index in [4.69, 9.17) is 4.74 Å². The maximum atomic E-state index is 12.6. The minimum atomic E-state index is -4.46. The first-order valence-corrected chi connectivity index (χ1v) is 8.50. The topological polar surface area (TPSA) is 69.9 Å². The van der Waals surface area contributed by atoms with Gasteiger partial charge in [0.15, 0.2) is 5.82 Å². The summed E-state index contributed by atoms with van der Waals surface area (Å²) < 4.78 is 44.5. The highest BCUT2D eigenvalue weighted by molar-refractivity contribution is 5.90. The summed E-state index contributed by atoms with van der Waals surface area (Å²) in [6, 6.07) is 5.91. The number of halogens is 3. The predicted octanol–water partition coefficient (Wildman–Crippen LogP) is 3.78. The van der Waals surface area contributed by atoms with Gasteiger partial charge >= 0.3 is 12.1 Å². The van der Waals surface area contributed by atoms with E-state index >= 15 is 0 Å². The van der Waals surface area contributed by atoms with E-state index in [1.807, 2.05) is 12.1 Å². The molecular weight excluding hydrogens is 373 g/mol. The lowest BCUT2D eigenvalue weighted by Crippen LogP contribution is -2.10. The van der Waals surface area contributed by atoms with E-state index < -0.39 is 17.7 Å². The maximum absolute atomic E-state index is 12.6. The van der Waals surface area contributed by atoms with Crippen molar-refractivity contribution in [3.05, 3.63) is 71.4 Å². The van der Waals surface area contributed by atoms with Gasteiger partial charge in [-0.1, -0.05) is 0 Å². The summed E-state index contributed by atoms with van der Waals surface area (Å²) in [4.78, 5) is 20.0. The van der Waals surface area contributed by atoms with E-state index in [2.05, 4.69) is 15.1 Å². The fourth-order valence-electron chi connectivity index (χ4n) is 2.59. The molecule has 28 heavy (non-hydrogen) atoms. The van der Waals surface area contributed by atoms with Gasteiger partial charge in [-0.2, -0.15) is 18.3 Å². The van der Waals surface area contributed by atoms with Crippen LogP contribution in [0.3, 0.4) is 0 Å². The summed E-state index contributed by atoms with van der Waals surface area (Å²) in [5.74, 6) is -0.354. The molecule has 0 aromatic carbocycles. The second kappa shape index (κ2) is 8.20. The fourth-order valence-corrected chi connectivity index (χ4v) is 2.59. The van der Waals surface area contributed by atoms with Gasteiger partial charge in [0.1, 0.15) is 5.56 Å². The molecule has 0 aliphatic carbocycles. The Kier molecular flexibility index (Phi) is 5.72. The third kappa shape index (κ3) is 4.54. The van der Waals surface area contributed by atoms with Gasteiger partial charge in [-0.15, -0.1) is 0 Å². The minimum Gasteiger partial charge on any atom is -0.462 e. The molecule has 146 valence electrons. The van der Waals surface area contributed by atoms with E-state index in [0.29, 0.717) is 12.1 Å². The van der Waals surface area contributed by atoms with E-state index in [1.54, 1.807) is 19.3 Å². The second-order valence-electron chi connectivity index (χ2n) is 6.05. The number of carbonyl (C=O) groups is 1. The number of alkyl halides is 3. The maximum Gasteiger partial charge on any atom is 0.417 e. The lowest BCUT2D eigenvalue weighted by atomic mass is 10.1. The van der Waals surface area contributed by atoms with Crippen LogP contribution in [0.15, 0.2) is 49.1 Å². The molecule has 0 N–H and O–H groups in total. The first kappa shape index (κ1) is 19.5. The number of carbonyl (C=O) groups excluding carboxylic acids is 1. The van der Waals surface area contributed by atoms with Crippen molar-refractivity contribution < 1.29 is 22.7 Å². The van der Waals surface area contributed by atoms with Crippen LogP contribution < -0.4 is 0 Å². The second-order valence-corrected chi connectivity index (χ2v) is 6.05. The third-order valence-electron chi connectivity index (χ3n) is 4.11. The summed E-state index contributed by atoms with van der Waals surface area (Å²) >= 11 is 0. The summed E-state index contributed by atoms with van der Waals surface area (Å²) in [6.45, 7) is 1.87. The molecular formula is C19H17F3N4O2. The Labute approximate surface area is 159 Å². The van der Waals surface area contributed by atoms with Crippen LogP contribution in [0.4, 0.5) is 13.2 Å². The Morgan fingerprint density at radius 3 is 2.54 bits per heavy atom. The van der Waals surface area contributed by atoms with Crippen LogP contribution >= 0.6 is 0 Å². The number of aryl methyl sites for hydroxylation is 1. The van der Waals surface area contributed by atoms with Crippen LogP contribution in [0, 0.1) is 6.92 Å². The zero-order valence-corrected chi connectivity index (χ0v) is 15.0. The molecule has 3 aromatic heterocycles. The van der Waals surface area contributed by atoms with Crippen molar-refractivity contribution in [2.75, 3.05) is 6.61 Å². The number of rotatable bonds is 6. The largest absolute Gasteiger partial charge is 0.462 e. The average Bonchev–Trinajstić information content (AvgIpc) is 3.07. The molecule has 0 unspecified atom stereocenters. The number of hydrogen-bond donors (Lipinski definition) is 0. The normalized spacial score (nSPS) is 11.4. The van der Waals surface area contributed by atoms with Crippen LogP contribution in [-0.4, -0.2) is 32.3 Å². The van der Waals surface area contributed by atoms with Crippen molar-refractivity contribution in [3.63, 3.8) is 0 Å². The van der Waals surface area contributed by atoms with Gasteiger partial charge in [-0.3, -0.25) is 4.98 Å². The molecule has 3 aromatic rings. The highest BCUT2D eigenvalue weighted by atomic mass is 19.4. The lowest BCUT2D eigenvalue weighted by Gasteiger charge is -2.08. The highest BCUT2D eigenvalue weighted by Gasteiger charge is 2.30. The summed E-state index contributed by atoms with van der Waals surface area (Å²) in [7, 11) is 0. The molecule has 0 spiro atoms. The first-order valence-electron chi connectivity index (χ1n) is 8.50. The number of nitrogens with zero attached hydrogens (tertiary/aromatic N) is 4. The van der Waals surface area contributed by atoms with E-state index in [-0.39, 0.29) is 18.0 Å². The van der Waals surface area contributed by atoms with Gasteiger partial charge < -0.3 is 4.74 Å². The zero-order valence-electron chi connectivity index (χ0n) is 15.0. The Balaban J connectivity index is 1.61. The summed E-state index contributed by atoms with van der Waals surface area (Å²) in [6.07, 6.45) is 2.40. The van der Waals surface area contributed by atoms with E-state index in [9.17, 15) is 18.0 Å². The molecule has 0 aliphatic rings. The van der Waals surface area contributed by atoms with Crippen LogP contribution in [-0.2, 0) is 17.3 Å². The van der Waals surface area contributed by atoms with Crippen molar-refractivity contribution in [2.24, 2.45) is 0 Å². The van der Waals surface area contributed by atoms with Crippen LogP contribution in [0.1, 0.15) is 33.6 Å². The van der Waals surface area contributed by atoms with Crippen LogP contribution in [0.5, 0.6) is 0 Å². The molecule has 0 radical (unpaired) electrons. The molecule has 6 nitrogen and oxygen atoms in total. The quantitative estimate of drug-likeness (QED) is 0.473. The Morgan fingerprint density at radius 1 is 1.14 bits per heavy atom. The summed E-state index contributed by atoms with van der Waals surface area (Å²) in [5.41, 5.74) is 0.926. The standard InChI is InChI=1S/C19H17F3N4O2/c1-13-16(18(27)28-10-2-3-14-6-8-23-9-7-14)12-25-26(13)17-5-4-15(11-24-17)19(20,21)22/h4-9,11-12H,2-3,10H2,1H3. The summed E-state index contributed by atoms with van der Waals surface area (Å²) in [5, 5.41) is 4.04. The molecule has 0 fully saturated rings. The zero-order chi connectivity index (χ0) is 20.1. The van der Waals surface area contributed by atoms with Crippen molar-refractivity contribution in [3.8, 4) is 5.82 Å². The van der Waals surface area contributed by atoms with Gasteiger partial charge in [0.05, 0.1) is 24.1 Å². The highest BCUT2D eigenvalue weighted by Crippen LogP contribution is 2.28. The number of hydrogen-bond acceptors (Lipinski definition) is 5. The molecule has 0 saturated carbocycles. The van der Waals surface area contributed by atoms with Gasteiger partial charge in [-0.25, -0.2) is 14.5 Å². The van der Waals surface area contributed by atoms with Gasteiger partial charge in [0, 0.05) is 18.6 Å². The van der Waals surface area contributed by atoms with Gasteiger partial charge in [0.2, 0.25) is 0 Å². The molecule has 0 atom stereocenters. The number of esters is 1. The van der Waals surface area contributed by atoms with Crippen molar-refractivity contribution in [1.82, 2.24) is 19.7 Å². The monoisotopic (exact) mass is 390 g/mol. The number of ether oxygens (including phenoxy) is 1. The molecule has 0 amide bonds. The van der Waals surface area contributed by atoms with Gasteiger partial charge in [0.25, 0.3) is 0 Å². The van der Waals surface area contributed by atoms with Crippen molar-refractivity contribution in [1.29, 1.82) is 0 Å². The van der Waals surface area contributed by atoms with Crippen LogP contribution in [0.25, 0.3) is 5.82 Å². The number of aromatic nitrogens is 4. The SMILES string of the molecule is Cc1c(C(=O)OCCCc2ccncc2)cnn1-c1ccc(C(F)(F)F)cn1. The molecule has 0 saturated heterocycles. The Morgan fingerprint density at radius 2 is 1.89 bits per heavy atom. The van der Waals surface area contributed by atoms with Gasteiger partial charge in [-0.05, 0) is 49.6 Å². The fraction of sp³-hybridized carbons (Fsp3) is 0.263. The minimum absolute atomic E-state index is 0.183. The molecule has 3 rings (SSSR count). The van der Waals surface area contributed by atoms with E-state index in [0.717, 1.165) is 24.2 Å². The molecule has 0 bridgehead atoms. The van der Waals surface area contributed by atoms with Crippen molar-refractivity contribution >= 4 is 5.97 Å².